The molecule has 0 bridgehead atoms. The number of halogens is 3. The number of aryl methyl sites for hydroxylation is 1. The second kappa shape index (κ2) is 10.9. The fourth-order valence-corrected chi connectivity index (χ4v) is 4.05. The summed E-state index contributed by atoms with van der Waals surface area (Å²) in [6.45, 7) is 1.71. The van der Waals surface area contributed by atoms with Gasteiger partial charge in [0, 0.05) is 16.8 Å². The first kappa shape index (κ1) is 26.4. The number of hydrogen-bond donors (Lipinski definition) is 1. The summed E-state index contributed by atoms with van der Waals surface area (Å²) in [5, 5.41) is 0. The maximum Gasteiger partial charge on any atom is 0.417 e. The average Bonchev–Trinajstić information content (AvgIpc) is 2.93. The Balaban J connectivity index is 0.000000467. The molecule has 198 valence electrons. The largest absolute Gasteiger partial charge is 0.487 e. The van der Waals surface area contributed by atoms with Gasteiger partial charge in [0.05, 0.1) is 16.8 Å². The minimum absolute atomic E-state index is 0.0852. The number of benzene rings is 3. The summed E-state index contributed by atoms with van der Waals surface area (Å²) in [6, 6.07) is 23.8. The van der Waals surface area contributed by atoms with Crippen LogP contribution in [0.4, 0.5) is 13.2 Å². The summed E-state index contributed by atoms with van der Waals surface area (Å²) in [4.78, 5) is 27.0. The first-order valence-corrected chi connectivity index (χ1v) is 12.1. The van der Waals surface area contributed by atoms with E-state index in [-0.39, 0.29) is 24.0 Å². The zero-order valence-corrected chi connectivity index (χ0v) is 21.2. The van der Waals surface area contributed by atoms with E-state index in [1.165, 1.54) is 23.3 Å². The summed E-state index contributed by atoms with van der Waals surface area (Å²) in [6.07, 6.45) is 0.779. The van der Waals surface area contributed by atoms with Crippen molar-refractivity contribution in [2.45, 2.75) is 19.7 Å². The van der Waals surface area contributed by atoms with Crippen molar-refractivity contribution >= 4 is 0 Å². The van der Waals surface area contributed by atoms with Crippen molar-refractivity contribution < 1.29 is 17.9 Å². The number of rotatable bonds is 5. The van der Waals surface area contributed by atoms with Gasteiger partial charge in [-0.2, -0.15) is 18.2 Å². The zero-order valence-electron chi connectivity index (χ0n) is 21.2. The quantitative estimate of drug-likeness (QED) is 0.255. The van der Waals surface area contributed by atoms with Gasteiger partial charge in [-0.3, -0.25) is 9.97 Å². The monoisotopic (exact) mass is 538 g/mol. The topological polar surface area (TPSA) is 80.8 Å². The van der Waals surface area contributed by atoms with Crippen LogP contribution in [0.25, 0.3) is 33.9 Å². The van der Waals surface area contributed by atoms with Gasteiger partial charge in [-0.05, 0) is 54.4 Å². The lowest BCUT2D eigenvalue weighted by atomic mass is 9.95. The Morgan fingerprint density at radius 1 is 0.875 bits per heavy atom. The van der Waals surface area contributed by atoms with Gasteiger partial charge in [-0.15, -0.1) is 6.42 Å². The van der Waals surface area contributed by atoms with Gasteiger partial charge in [0.15, 0.2) is 5.82 Å². The number of pyridine rings is 1. The Kier molecular flexibility index (Phi) is 7.17. The van der Waals surface area contributed by atoms with Crippen molar-refractivity contribution in [2.24, 2.45) is 0 Å². The molecule has 2 aliphatic rings. The minimum atomic E-state index is -4.74. The Morgan fingerprint density at radius 2 is 1.57 bits per heavy atom. The number of alkyl halides is 3. The number of aromatic nitrogens is 4. The molecule has 0 unspecified atom stereocenters. The zero-order chi connectivity index (χ0) is 28.3. The number of nitrogens with one attached hydrogen (secondary N) is 1. The number of ether oxygens (including phenoxy) is 1. The highest BCUT2D eigenvalue weighted by atomic mass is 19.4. The first-order chi connectivity index (χ1) is 19.2. The van der Waals surface area contributed by atoms with E-state index < -0.39 is 23.0 Å². The SMILES string of the molecule is C#Cc1ccccc1-c1nc(-c2c(OCc3cccc(C)n3)cccc2C(F)(F)F)[nH]c(=O)n1.c1cc2ccc1-2. The molecular weight excluding hydrogens is 517 g/mol. The summed E-state index contributed by atoms with van der Waals surface area (Å²) in [5.74, 6) is 1.89. The fraction of sp³-hybridized carbons (Fsp3) is 0.0968. The number of hydrogen-bond acceptors (Lipinski definition) is 5. The van der Waals surface area contributed by atoms with Crippen molar-refractivity contribution in [3.63, 3.8) is 0 Å². The van der Waals surface area contributed by atoms with Crippen LogP contribution in [0.3, 0.4) is 0 Å². The molecule has 40 heavy (non-hydrogen) atoms. The summed E-state index contributed by atoms with van der Waals surface area (Å²) >= 11 is 0. The normalized spacial score (nSPS) is 11.2. The van der Waals surface area contributed by atoms with Crippen LogP contribution in [-0.4, -0.2) is 19.9 Å². The van der Waals surface area contributed by atoms with Gasteiger partial charge < -0.3 is 4.74 Å². The highest BCUT2D eigenvalue weighted by molar-refractivity contribution is 5.75. The van der Waals surface area contributed by atoms with E-state index in [1.54, 1.807) is 49.4 Å². The molecule has 0 radical (unpaired) electrons. The molecule has 0 spiro atoms. The van der Waals surface area contributed by atoms with Crippen LogP contribution in [0.15, 0.2) is 89.7 Å². The van der Waals surface area contributed by atoms with Crippen LogP contribution in [0.2, 0.25) is 0 Å². The molecule has 2 heterocycles. The number of fused-ring (bicyclic) bond motifs is 1. The molecule has 9 heteroatoms. The molecule has 0 saturated heterocycles. The predicted molar refractivity (Wildman–Crippen MR) is 145 cm³/mol. The van der Waals surface area contributed by atoms with Gasteiger partial charge in [0.1, 0.15) is 18.2 Å². The van der Waals surface area contributed by atoms with Gasteiger partial charge in [0.2, 0.25) is 0 Å². The number of aromatic amines is 1. The molecular formula is C31H21F3N4O2. The van der Waals surface area contributed by atoms with Crippen LogP contribution in [0.1, 0.15) is 22.5 Å². The first-order valence-electron chi connectivity index (χ1n) is 12.1. The van der Waals surface area contributed by atoms with E-state index in [4.69, 9.17) is 11.2 Å². The number of nitrogens with zero attached hydrogens (tertiary/aromatic N) is 3. The molecule has 0 saturated carbocycles. The highest BCUT2D eigenvalue weighted by Crippen LogP contribution is 2.41. The molecule has 0 amide bonds. The molecule has 0 fully saturated rings. The molecule has 1 N–H and O–H groups in total. The van der Waals surface area contributed by atoms with Gasteiger partial charge in [-0.25, -0.2) is 9.78 Å². The summed E-state index contributed by atoms with van der Waals surface area (Å²) in [7, 11) is 0. The molecule has 0 atom stereocenters. The van der Waals surface area contributed by atoms with E-state index in [2.05, 4.69) is 50.1 Å². The van der Waals surface area contributed by atoms with Gasteiger partial charge >= 0.3 is 11.9 Å². The molecule has 6 rings (SSSR count). The van der Waals surface area contributed by atoms with E-state index in [0.717, 1.165) is 11.8 Å². The summed E-state index contributed by atoms with van der Waals surface area (Å²) in [5.41, 5.74) is 2.54. The van der Waals surface area contributed by atoms with Crippen LogP contribution in [-0.2, 0) is 12.8 Å². The minimum Gasteiger partial charge on any atom is -0.487 e. The average molecular weight is 539 g/mol. The maximum atomic E-state index is 13.9. The highest BCUT2D eigenvalue weighted by Gasteiger charge is 2.36. The lowest BCUT2D eigenvalue weighted by Crippen LogP contribution is -2.17. The third-order valence-electron chi connectivity index (χ3n) is 6.08. The van der Waals surface area contributed by atoms with Crippen LogP contribution in [0, 0.1) is 19.3 Å². The Hall–Kier alpha value is -5.23. The number of H-pyrrole nitrogens is 1. The molecule has 2 aromatic carbocycles. The lowest BCUT2D eigenvalue weighted by molar-refractivity contribution is -0.137. The van der Waals surface area contributed by atoms with Crippen molar-refractivity contribution in [2.75, 3.05) is 0 Å². The van der Waals surface area contributed by atoms with Crippen molar-refractivity contribution in [1.82, 2.24) is 19.9 Å². The molecule has 4 aromatic rings. The molecule has 6 nitrogen and oxygen atoms in total. The van der Waals surface area contributed by atoms with Gasteiger partial charge in [-0.1, -0.05) is 54.5 Å². The standard InChI is InChI=1S/C25H17F3N4O2.C6H4/c1-3-16-9-4-5-11-18(16)22-30-23(32-24(33)31-22)21-19(25(26,27)28)12-7-13-20(21)34-14-17-10-6-8-15(2)29-17;1-2-6-4-3-5(1)6/h1,4-13H,14H2,2H3,(H,30,31,32,33);1-4H. The molecule has 2 aromatic heterocycles. The van der Waals surface area contributed by atoms with Crippen LogP contribution < -0.4 is 10.4 Å². The second-order valence-electron chi connectivity index (χ2n) is 8.83. The van der Waals surface area contributed by atoms with Crippen molar-refractivity contribution in [1.29, 1.82) is 0 Å². The number of terminal acetylenes is 1. The van der Waals surface area contributed by atoms with Crippen molar-refractivity contribution in [3.05, 3.63) is 118 Å². The third kappa shape index (κ3) is 5.61. The second-order valence-corrected chi connectivity index (χ2v) is 8.83. The van der Waals surface area contributed by atoms with Crippen LogP contribution in [0.5, 0.6) is 5.75 Å². The molecule has 2 aliphatic carbocycles. The van der Waals surface area contributed by atoms with Crippen LogP contribution >= 0.6 is 0 Å². The lowest BCUT2D eigenvalue weighted by Gasteiger charge is -2.17. The van der Waals surface area contributed by atoms with Gasteiger partial charge in [0.25, 0.3) is 0 Å². The van der Waals surface area contributed by atoms with E-state index in [9.17, 15) is 18.0 Å². The van der Waals surface area contributed by atoms with E-state index in [0.29, 0.717) is 16.8 Å². The Bertz CT molecular complexity index is 1770. The van der Waals surface area contributed by atoms with E-state index in [1.807, 2.05) is 0 Å². The maximum absolute atomic E-state index is 13.9. The summed E-state index contributed by atoms with van der Waals surface area (Å²) < 4.78 is 47.6. The fourth-order valence-electron chi connectivity index (χ4n) is 4.05. The van der Waals surface area contributed by atoms with Crippen molar-refractivity contribution in [3.8, 4) is 52.0 Å². The predicted octanol–water partition coefficient (Wildman–Crippen LogP) is 6.45. The Morgan fingerprint density at radius 3 is 2.20 bits per heavy atom. The smallest absolute Gasteiger partial charge is 0.417 e. The Labute approximate surface area is 227 Å². The third-order valence-corrected chi connectivity index (χ3v) is 6.08. The van der Waals surface area contributed by atoms with E-state index >= 15 is 0 Å². The molecule has 0 aliphatic heterocycles.